The molecule has 5 nitrogen and oxygen atoms in total. The average Bonchev–Trinajstić information content (AvgIpc) is 2.77. The van der Waals surface area contributed by atoms with Crippen molar-refractivity contribution in [2.75, 3.05) is 0 Å². The predicted octanol–water partition coefficient (Wildman–Crippen LogP) is 1.49. The van der Waals surface area contributed by atoms with Crippen molar-refractivity contribution in [1.82, 2.24) is 15.0 Å². The van der Waals surface area contributed by atoms with E-state index in [1.807, 2.05) is 13.0 Å². The first-order chi connectivity index (χ1) is 7.72. The maximum absolute atomic E-state index is 8.74. The summed E-state index contributed by atoms with van der Waals surface area (Å²) in [4.78, 5) is 13.1. The van der Waals surface area contributed by atoms with Crippen LogP contribution in [0.4, 0.5) is 0 Å². The number of nitrogens with two attached hydrogens (primary N) is 1. The van der Waals surface area contributed by atoms with Crippen molar-refractivity contribution in [3.63, 3.8) is 0 Å². The molecule has 0 bridgehead atoms. The Bertz CT molecular complexity index is 540. The van der Waals surface area contributed by atoms with Gasteiger partial charge in [-0.25, -0.2) is 4.98 Å². The lowest BCUT2D eigenvalue weighted by atomic mass is 10.2. The van der Waals surface area contributed by atoms with E-state index in [0.717, 1.165) is 0 Å². The molecule has 0 aliphatic carbocycles. The molecule has 0 fully saturated rings. The summed E-state index contributed by atoms with van der Waals surface area (Å²) in [7, 11) is 0. The normalized spacial score (nSPS) is 12.1. The van der Waals surface area contributed by atoms with Crippen molar-refractivity contribution in [3.8, 4) is 16.8 Å². The van der Waals surface area contributed by atoms with Gasteiger partial charge in [0.2, 0.25) is 0 Å². The van der Waals surface area contributed by atoms with Gasteiger partial charge in [-0.15, -0.1) is 11.3 Å². The Labute approximate surface area is 96.6 Å². The van der Waals surface area contributed by atoms with Gasteiger partial charge in [0.1, 0.15) is 21.6 Å². The molecule has 1 atom stereocenters. The van der Waals surface area contributed by atoms with Crippen LogP contribution in [-0.2, 0) is 0 Å². The lowest BCUT2D eigenvalue weighted by Crippen LogP contribution is -2.09. The van der Waals surface area contributed by atoms with E-state index in [1.54, 1.807) is 12.4 Å². The summed E-state index contributed by atoms with van der Waals surface area (Å²) in [5.74, 6) is 0. The highest BCUT2D eigenvalue weighted by molar-refractivity contribution is 7.15. The quantitative estimate of drug-likeness (QED) is 0.845. The molecule has 2 rings (SSSR count). The second kappa shape index (κ2) is 4.35. The molecule has 80 valence electrons. The van der Waals surface area contributed by atoms with Crippen LogP contribution >= 0.6 is 11.3 Å². The van der Waals surface area contributed by atoms with Crippen LogP contribution < -0.4 is 5.73 Å². The summed E-state index contributed by atoms with van der Waals surface area (Å²) in [6.45, 7) is 1.84. The minimum atomic E-state index is -0.210. The summed E-state index contributed by atoms with van der Waals surface area (Å²) in [5, 5.41) is 9.41. The van der Waals surface area contributed by atoms with E-state index in [0.29, 0.717) is 21.3 Å². The maximum Gasteiger partial charge on any atom is 0.145 e. The van der Waals surface area contributed by atoms with Gasteiger partial charge in [-0.3, -0.25) is 9.97 Å². The fraction of sp³-hybridized carbons (Fsp3) is 0.200. The molecular formula is C10H9N5S. The monoisotopic (exact) mass is 231 g/mol. The molecule has 0 aromatic carbocycles. The fourth-order valence-corrected chi connectivity index (χ4v) is 2.00. The minimum Gasteiger partial charge on any atom is -0.323 e. The van der Waals surface area contributed by atoms with Crippen molar-refractivity contribution in [2.24, 2.45) is 5.73 Å². The van der Waals surface area contributed by atoms with Crippen molar-refractivity contribution in [1.29, 1.82) is 5.26 Å². The highest BCUT2D eigenvalue weighted by Crippen LogP contribution is 2.26. The molecule has 2 aromatic heterocycles. The van der Waals surface area contributed by atoms with Crippen LogP contribution in [0.5, 0.6) is 0 Å². The van der Waals surface area contributed by atoms with Gasteiger partial charge < -0.3 is 5.73 Å². The molecule has 16 heavy (non-hydrogen) atoms. The Morgan fingerprint density at radius 2 is 2.12 bits per heavy atom. The number of rotatable bonds is 2. The summed E-state index contributed by atoms with van der Waals surface area (Å²) >= 11 is 1.29. The van der Waals surface area contributed by atoms with Gasteiger partial charge in [0.05, 0.1) is 11.9 Å². The maximum atomic E-state index is 8.74. The van der Waals surface area contributed by atoms with Gasteiger partial charge in [-0.1, -0.05) is 0 Å². The molecule has 2 heterocycles. The molecular weight excluding hydrogens is 222 g/mol. The number of thiazole rings is 1. The van der Waals surface area contributed by atoms with E-state index in [2.05, 4.69) is 15.0 Å². The predicted molar refractivity (Wildman–Crippen MR) is 60.5 cm³/mol. The summed E-state index contributed by atoms with van der Waals surface area (Å²) in [6, 6.07) is 1.83. The van der Waals surface area contributed by atoms with Crippen molar-refractivity contribution in [2.45, 2.75) is 13.0 Å². The van der Waals surface area contributed by atoms with Gasteiger partial charge in [-0.2, -0.15) is 5.26 Å². The second-order valence-electron chi connectivity index (χ2n) is 3.22. The molecule has 0 aliphatic rings. The largest absolute Gasteiger partial charge is 0.323 e. The summed E-state index contributed by atoms with van der Waals surface area (Å²) < 4.78 is 0. The topological polar surface area (TPSA) is 88.5 Å². The number of nitriles is 1. The lowest BCUT2D eigenvalue weighted by Gasteiger charge is -2.07. The Kier molecular flexibility index (Phi) is 2.90. The number of hydrogen-bond acceptors (Lipinski definition) is 6. The first-order valence-electron chi connectivity index (χ1n) is 4.65. The van der Waals surface area contributed by atoms with Gasteiger partial charge in [0.25, 0.3) is 0 Å². The van der Waals surface area contributed by atoms with Gasteiger partial charge in [-0.05, 0) is 6.92 Å². The Morgan fingerprint density at radius 3 is 2.75 bits per heavy atom. The van der Waals surface area contributed by atoms with E-state index >= 15 is 0 Å². The Balaban J connectivity index is 2.52. The number of hydrogen-bond donors (Lipinski definition) is 1. The third kappa shape index (κ3) is 1.91. The summed E-state index contributed by atoms with van der Waals surface area (Å²) in [6.07, 6.45) is 4.72. The molecule has 0 aliphatic heterocycles. The van der Waals surface area contributed by atoms with E-state index in [9.17, 15) is 0 Å². The third-order valence-electron chi connectivity index (χ3n) is 1.98. The molecule has 0 saturated carbocycles. The molecule has 0 radical (unpaired) electrons. The van der Waals surface area contributed by atoms with Crippen LogP contribution in [0.2, 0.25) is 0 Å². The minimum absolute atomic E-state index is 0.210. The first-order valence-corrected chi connectivity index (χ1v) is 5.47. The SMILES string of the molecule is CC(N)c1nccnc1-c1ncc(C#N)s1. The molecule has 2 aromatic rings. The lowest BCUT2D eigenvalue weighted by molar-refractivity contribution is 0.775. The van der Waals surface area contributed by atoms with Crippen LogP contribution in [-0.4, -0.2) is 15.0 Å². The molecule has 0 spiro atoms. The molecule has 1 unspecified atom stereocenters. The van der Waals surface area contributed by atoms with Gasteiger partial charge in [0.15, 0.2) is 0 Å². The van der Waals surface area contributed by atoms with Crippen LogP contribution in [0, 0.1) is 11.3 Å². The zero-order valence-corrected chi connectivity index (χ0v) is 9.40. The van der Waals surface area contributed by atoms with Crippen LogP contribution in [0.3, 0.4) is 0 Å². The highest BCUT2D eigenvalue weighted by atomic mass is 32.1. The molecule has 0 saturated heterocycles. The van der Waals surface area contributed by atoms with Gasteiger partial charge in [0, 0.05) is 18.4 Å². The van der Waals surface area contributed by atoms with E-state index < -0.39 is 0 Å². The average molecular weight is 231 g/mol. The first kappa shape index (κ1) is 10.7. The number of aromatic nitrogens is 3. The smallest absolute Gasteiger partial charge is 0.145 e. The van der Waals surface area contributed by atoms with Crippen LogP contribution in [0.1, 0.15) is 23.5 Å². The van der Waals surface area contributed by atoms with E-state index in [4.69, 9.17) is 11.0 Å². The summed E-state index contributed by atoms with van der Waals surface area (Å²) in [5.41, 5.74) is 7.15. The van der Waals surface area contributed by atoms with Crippen LogP contribution in [0.15, 0.2) is 18.6 Å². The molecule has 2 N–H and O–H groups in total. The second-order valence-corrected chi connectivity index (χ2v) is 4.25. The van der Waals surface area contributed by atoms with Gasteiger partial charge >= 0.3 is 0 Å². The Morgan fingerprint density at radius 1 is 1.38 bits per heavy atom. The molecule has 0 amide bonds. The van der Waals surface area contributed by atoms with E-state index in [1.165, 1.54) is 17.5 Å². The van der Waals surface area contributed by atoms with Crippen molar-refractivity contribution < 1.29 is 0 Å². The highest BCUT2D eigenvalue weighted by Gasteiger charge is 2.14. The van der Waals surface area contributed by atoms with Crippen molar-refractivity contribution in [3.05, 3.63) is 29.2 Å². The third-order valence-corrected chi connectivity index (χ3v) is 2.89. The van der Waals surface area contributed by atoms with Crippen LogP contribution in [0.25, 0.3) is 10.7 Å². The molecule has 6 heteroatoms. The Hall–Kier alpha value is -1.84. The van der Waals surface area contributed by atoms with E-state index in [-0.39, 0.29) is 6.04 Å². The number of nitrogens with zero attached hydrogens (tertiary/aromatic N) is 4. The fourth-order valence-electron chi connectivity index (χ4n) is 1.28. The zero-order valence-electron chi connectivity index (χ0n) is 8.58. The standard InChI is InChI=1S/C10H9N5S/c1-6(12)8-9(14-3-2-13-8)10-15-5-7(4-11)16-10/h2-3,5-6H,12H2,1H3. The zero-order chi connectivity index (χ0) is 11.5. The van der Waals surface area contributed by atoms with Crippen molar-refractivity contribution >= 4 is 11.3 Å².